The number of amides is 1. The lowest BCUT2D eigenvalue weighted by molar-refractivity contribution is -0.120. The topological polar surface area (TPSA) is 98.7 Å². The van der Waals surface area contributed by atoms with Gasteiger partial charge in [-0.15, -0.1) is 0 Å². The van der Waals surface area contributed by atoms with Crippen molar-refractivity contribution >= 4 is 15.9 Å². The smallest absolute Gasteiger partial charge is 0.217 e. The van der Waals surface area contributed by atoms with Crippen molar-refractivity contribution in [3.05, 3.63) is 70.3 Å². The summed E-state index contributed by atoms with van der Waals surface area (Å²) in [5.41, 5.74) is 3.83. The van der Waals surface area contributed by atoms with Crippen LogP contribution in [0.15, 0.2) is 36.4 Å². The average molecular weight is 566 g/mol. The summed E-state index contributed by atoms with van der Waals surface area (Å²) in [6.07, 6.45) is 2.72. The number of carbonyl (C=O) groups excluding carboxylic acids is 1. The van der Waals surface area contributed by atoms with E-state index in [1.54, 1.807) is 0 Å². The minimum absolute atomic E-state index is 0.0745. The second kappa shape index (κ2) is 13.8. The summed E-state index contributed by atoms with van der Waals surface area (Å²) in [5, 5.41) is 16.9. The maximum atomic E-state index is 13.7. The molecule has 0 radical (unpaired) electrons. The van der Waals surface area contributed by atoms with Crippen LogP contribution in [0.2, 0.25) is 0 Å². The first-order chi connectivity index (χ1) is 18.3. The highest BCUT2D eigenvalue weighted by molar-refractivity contribution is 7.88. The van der Waals surface area contributed by atoms with E-state index in [-0.39, 0.29) is 24.8 Å². The molecule has 1 aliphatic heterocycles. The van der Waals surface area contributed by atoms with Crippen LogP contribution >= 0.6 is 0 Å². The molecule has 3 N–H and O–H groups in total. The van der Waals surface area contributed by atoms with Gasteiger partial charge in [-0.3, -0.25) is 4.79 Å². The molecule has 1 amide bonds. The molecule has 0 bridgehead atoms. The highest BCUT2D eigenvalue weighted by atomic mass is 32.2. The SMILES string of the molecule is CC(=O)NC(Cc1cc(F)cc(F)c1)C(O)CNCc1cc(CC(C)C)ccc1C1CCN(S(C)(=O)=O)CC1. The van der Waals surface area contributed by atoms with Crippen LogP contribution in [0, 0.1) is 17.6 Å². The lowest BCUT2D eigenvalue weighted by Gasteiger charge is -2.32. The van der Waals surface area contributed by atoms with E-state index in [0.29, 0.717) is 31.1 Å². The van der Waals surface area contributed by atoms with Crippen LogP contribution < -0.4 is 10.6 Å². The number of rotatable bonds is 12. The third-order valence-electron chi connectivity index (χ3n) is 7.11. The van der Waals surface area contributed by atoms with Gasteiger partial charge < -0.3 is 15.7 Å². The summed E-state index contributed by atoms with van der Waals surface area (Å²) in [5.74, 6) is -1.05. The first-order valence-corrected chi connectivity index (χ1v) is 15.3. The Balaban J connectivity index is 1.71. The Morgan fingerprint density at radius 1 is 1.05 bits per heavy atom. The average Bonchev–Trinajstić information content (AvgIpc) is 2.82. The van der Waals surface area contributed by atoms with Crippen LogP contribution in [0.4, 0.5) is 8.78 Å². The minimum atomic E-state index is -3.21. The van der Waals surface area contributed by atoms with Crippen LogP contribution in [0.25, 0.3) is 0 Å². The quantitative estimate of drug-likeness (QED) is 0.366. The van der Waals surface area contributed by atoms with Crippen molar-refractivity contribution in [3.8, 4) is 0 Å². The fourth-order valence-corrected chi connectivity index (χ4v) is 6.21. The number of nitrogens with one attached hydrogen (secondary N) is 2. The molecule has 10 heteroatoms. The maximum Gasteiger partial charge on any atom is 0.217 e. The molecule has 0 aromatic heterocycles. The zero-order valence-corrected chi connectivity index (χ0v) is 24.0. The highest BCUT2D eigenvalue weighted by Gasteiger charge is 2.27. The summed E-state index contributed by atoms with van der Waals surface area (Å²) >= 11 is 0. The van der Waals surface area contributed by atoms with Crippen molar-refractivity contribution in [1.82, 2.24) is 14.9 Å². The van der Waals surface area contributed by atoms with Crippen molar-refractivity contribution in [2.75, 3.05) is 25.9 Å². The minimum Gasteiger partial charge on any atom is -0.390 e. The van der Waals surface area contributed by atoms with Crippen LogP contribution in [0.1, 0.15) is 61.8 Å². The van der Waals surface area contributed by atoms with Gasteiger partial charge in [-0.1, -0.05) is 32.0 Å². The largest absolute Gasteiger partial charge is 0.390 e. The molecule has 39 heavy (non-hydrogen) atoms. The number of hydrogen-bond acceptors (Lipinski definition) is 5. The Kier molecular flexibility index (Phi) is 11.0. The van der Waals surface area contributed by atoms with E-state index in [0.717, 1.165) is 30.9 Å². The monoisotopic (exact) mass is 565 g/mol. The van der Waals surface area contributed by atoms with E-state index in [2.05, 4.69) is 42.7 Å². The van der Waals surface area contributed by atoms with E-state index in [1.807, 2.05) is 0 Å². The Morgan fingerprint density at radius 3 is 2.26 bits per heavy atom. The van der Waals surface area contributed by atoms with Gasteiger partial charge in [0.15, 0.2) is 0 Å². The predicted molar refractivity (Wildman–Crippen MR) is 149 cm³/mol. The molecule has 2 unspecified atom stereocenters. The van der Waals surface area contributed by atoms with Crippen molar-refractivity contribution in [3.63, 3.8) is 0 Å². The maximum absolute atomic E-state index is 13.7. The second-order valence-corrected chi connectivity index (χ2v) is 13.0. The third-order valence-corrected chi connectivity index (χ3v) is 8.42. The molecular weight excluding hydrogens is 524 g/mol. The standard InChI is InChI=1S/C29H41F2N3O4S/c1-19(2)11-21-5-6-27(23-7-9-34(10-8-23)39(4,37)38)24(12-21)17-32-18-29(36)28(33-20(3)35)15-22-13-25(30)16-26(31)14-22/h5-6,12-14,16,19,23,28-29,32,36H,7-11,15,17-18H2,1-4H3,(H,33,35). The van der Waals surface area contributed by atoms with E-state index < -0.39 is 33.8 Å². The van der Waals surface area contributed by atoms with Crippen molar-refractivity contribution in [2.24, 2.45) is 5.92 Å². The number of benzene rings is 2. The molecule has 0 aliphatic carbocycles. The van der Waals surface area contributed by atoms with Crippen molar-refractivity contribution in [1.29, 1.82) is 0 Å². The van der Waals surface area contributed by atoms with Gasteiger partial charge in [0.2, 0.25) is 15.9 Å². The third kappa shape index (κ3) is 9.63. The molecule has 1 saturated heterocycles. The Morgan fingerprint density at radius 2 is 1.69 bits per heavy atom. The molecular formula is C29H41F2N3O4S. The van der Waals surface area contributed by atoms with Gasteiger partial charge in [0.1, 0.15) is 11.6 Å². The van der Waals surface area contributed by atoms with Crippen LogP contribution in [0.3, 0.4) is 0 Å². The second-order valence-electron chi connectivity index (χ2n) is 11.1. The molecule has 1 aliphatic rings. The van der Waals surface area contributed by atoms with Crippen molar-refractivity contribution < 1.29 is 27.1 Å². The number of aliphatic hydroxyl groups is 1. The first kappa shape index (κ1) is 31.1. The lowest BCUT2D eigenvalue weighted by atomic mass is 9.85. The predicted octanol–water partition coefficient (Wildman–Crippen LogP) is 3.50. The number of piperidine rings is 1. The Labute approximate surface area is 231 Å². The fraction of sp³-hybridized carbons (Fsp3) is 0.552. The van der Waals surface area contributed by atoms with Gasteiger partial charge >= 0.3 is 0 Å². The van der Waals surface area contributed by atoms with Gasteiger partial charge in [-0.05, 0) is 71.9 Å². The zero-order chi connectivity index (χ0) is 28.7. The van der Waals surface area contributed by atoms with E-state index in [4.69, 9.17) is 0 Å². The molecule has 1 heterocycles. The lowest BCUT2D eigenvalue weighted by Crippen LogP contribution is -2.48. The molecule has 216 valence electrons. The van der Waals surface area contributed by atoms with Crippen LogP contribution in [0.5, 0.6) is 0 Å². The number of nitrogens with zero attached hydrogens (tertiary/aromatic N) is 1. The summed E-state index contributed by atoms with van der Waals surface area (Å²) < 4.78 is 52.8. The number of carbonyl (C=O) groups is 1. The molecule has 2 aromatic carbocycles. The summed E-state index contributed by atoms with van der Waals surface area (Å²) in [7, 11) is -3.21. The number of halogens is 2. The molecule has 7 nitrogen and oxygen atoms in total. The van der Waals surface area contributed by atoms with Gasteiger partial charge in [0.05, 0.1) is 18.4 Å². The van der Waals surface area contributed by atoms with Gasteiger partial charge in [-0.25, -0.2) is 21.5 Å². The normalized spacial score (nSPS) is 16.8. The Hall–Kier alpha value is -2.40. The zero-order valence-electron chi connectivity index (χ0n) is 23.2. The molecule has 0 spiro atoms. The van der Waals surface area contributed by atoms with Crippen LogP contribution in [-0.2, 0) is 34.2 Å². The van der Waals surface area contributed by atoms with Crippen molar-refractivity contribution in [2.45, 2.75) is 71.1 Å². The molecule has 3 rings (SSSR count). The summed E-state index contributed by atoms with van der Waals surface area (Å²) in [6, 6.07) is 8.90. The van der Waals surface area contributed by atoms with Gasteiger partial charge in [0.25, 0.3) is 0 Å². The highest BCUT2D eigenvalue weighted by Crippen LogP contribution is 2.32. The summed E-state index contributed by atoms with van der Waals surface area (Å²) in [6.45, 7) is 7.27. The fourth-order valence-electron chi connectivity index (χ4n) is 5.33. The van der Waals surface area contributed by atoms with E-state index >= 15 is 0 Å². The van der Waals surface area contributed by atoms with Gasteiger partial charge in [0, 0.05) is 39.2 Å². The van der Waals surface area contributed by atoms with Crippen LogP contribution in [-0.4, -0.2) is 61.8 Å². The number of sulfonamides is 1. The number of hydrogen-bond donors (Lipinski definition) is 3. The molecule has 0 saturated carbocycles. The number of aliphatic hydroxyl groups excluding tert-OH is 1. The van der Waals surface area contributed by atoms with E-state index in [9.17, 15) is 27.1 Å². The van der Waals surface area contributed by atoms with Gasteiger partial charge in [-0.2, -0.15) is 0 Å². The summed E-state index contributed by atoms with van der Waals surface area (Å²) in [4.78, 5) is 11.8. The molecule has 1 fully saturated rings. The first-order valence-electron chi connectivity index (χ1n) is 13.5. The van der Waals surface area contributed by atoms with E-state index in [1.165, 1.54) is 40.7 Å². The Bertz CT molecular complexity index is 1210. The molecule has 2 atom stereocenters. The molecule has 2 aromatic rings.